The van der Waals surface area contributed by atoms with Gasteiger partial charge in [-0.15, -0.1) is 0 Å². The van der Waals surface area contributed by atoms with E-state index in [0.717, 1.165) is 0 Å². The zero-order chi connectivity index (χ0) is 15.4. The van der Waals surface area contributed by atoms with Crippen LogP contribution in [0, 0.1) is 12.8 Å². The van der Waals surface area contributed by atoms with E-state index < -0.39 is 17.6 Å². The van der Waals surface area contributed by atoms with Crippen molar-refractivity contribution in [3.05, 3.63) is 33.7 Å². The minimum absolute atomic E-state index is 0.0825. The molecule has 1 rings (SSSR count). The molecular formula is C15H21NO4. The first kappa shape index (κ1) is 16.1. The molecule has 0 fully saturated rings. The molecule has 0 aromatic carbocycles. The third-order valence-electron chi connectivity index (χ3n) is 2.99. The monoisotopic (exact) mass is 279 g/mol. The number of hydrogen-bond acceptors (Lipinski definition) is 4. The molecule has 110 valence electrons. The summed E-state index contributed by atoms with van der Waals surface area (Å²) in [6.07, 6.45) is 0. The Morgan fingerprint density at radius 3 is 2.35 bits per heavy atom. The molecule has 5 nitrogen and oxygen atoms in total. The summed E-state index contributed by atoms with van der Waals surface area (Å²) in [6, 6.07) is 2.40. The molecule has 0 N–H and O–H groups in total. The Bertz CT molecular complexity index is 572. The van der Waals surface area contributed by atoms with Gasteiger partial charge in [0.05, 0.1) is 12.2 Å². The number of pyridine rings is 1. The number of carbonyl (C=O) groups excluding carboxylic acids is 2. The number of esters is 1. The molecule has 1 heterocycles. The largest absolute Gasteiger partial charge is 0.464 e. The number of rotatable bonds is 5. The van der Waals surface area contributed by atoms with Crippen LogP contribution in [0.2, 0.25) is 0 Å². The molecule has 1 unspecified atom stereocenters. The highest BCUT2D eigenvalue weighted by Gasteiger charge is 2.21. The first-order chi connectivity index (χ1) is 9.25. The van der Waals surface area contributed by atoms with Gasteiger partial charge in [-0.3, -0.25) is 14.2 Å². The quantitative estimate of drug-likeness (QED) is 0.611. The molecule has 1 aromatic rings. The fourth-order valence-corrected chi connectivity index (χ4v) is 1.87. The topological polar surface area (TPSA) is 65.4 Å². The summed E-state index contributed by atoms with van der Waals surface area (Å²) in [6.45, 7) is 8.83. The van der Waals surface area contributed by atoms with E-state index in [-0.39, 0.29) is 17.3 Å². The van der Waals surface area contributed by atoms with Gasteiger partial charge in [0.25, 0.3) is 5.56 Å². The van der Waals surface area contributed by atoms with Crippen LogP contribution in [0.3, 0.4) is 0 Å². The summed E-state index contributed by atoms with van der Waals surface area (Å²) in [7, 11) is 0. The van der Waals surface area contributed by atoms with Crippen molar-refractivity contribution in [1.82, 2.24) is 4.57 Å². The lowest BCUT2D eigenvalue weighted by Crippen LogP contribution is -2.34. The maximum Gasteiger partial charge on any atom is 0.328 e. The van der Waals surface area contributed by atoms with Crippen LogP contribution in [0.25, 0.3) is 0 Å². The van der Waals surface area contributed by atoms with Gasteiger partial charge in [-0.2, -0.15) is 0 Å². The van der Waals surface area contributed by atoms with Gasteiger partial charge in [0.1, 0.15) is 6.04 Å². The van der Waals surface area contributed by atoms with Crippen molar-refractivity contribution in [2.75, 3.05) is 6.61 Å². The Labute approximate surface area is 118 Å². The van der Waals surface area contributed by atoms with E-state index in [1.165, 1.54) is 17.6 Å². The fourth-order valence-electron chi connectivity index (χ4n) is 1.87. The van der Waals surface area contributed by atoms with Gasteiger partial charge in [-0.05, 0) is 38.8 Å². The van der Waals surface area contributed by atoms with Gasteiger partial charge >= 0.3 is 5.97 Å². The maximum absolute atomic E-state index is 12.2. The van der Waals surface area contributed by atoms with E-state index in [2.05, 4.69) is 0 Å². The Balaban J connectivity index is 3.12. The summed E-state index contributed by atoms with van der Waals surface area (Å²) in [5.74, 6) is -0.552. The van der Waals surface area contributed by atoms with Crippen LogP contribution in [-0.2, 0) is 9.53 Å². The molecule has 0 aliphatic heterocycles. The Morgan fingerprint density at radius 1 is 1.25 bits per heavy atom. The summed E-state index contributed by atoms with van der Waals surface area (Å²) in [5, 5.41) is 0. The summed E-state index contributed by atoms with van der Waals surface area (Å²) in [5.41, 5.74) is 0.250. The summed E-state index contributed by atoms with van der Waals surface area (Å²) < 4.78 is 6.45. The van der Waals surface area contributed by atoms with Crippen molar-refractivity contribution in [2.24, 2.45) is 5.92 Å². The average Bonchev–Trinajstić information content (AvgIpc) is 2.35. The van der Waals surface area contributed by atoms with Crippen LogP contribution >= 0.6 is 0 Å². The fraction of sp³-hybridized carbons (Fsp3) is 0.533. The van der Waals surface area contributed by atoms with E-state index in [9.17, 15) is 14.4 Å². The van der Waals surface area contributed by atoms with Crippen molar-refractivity contribution >= 4 is 11.8 Å². The Kier molecular flexibility index (Phi) is 5.25. The second-order valence-electron chi connectivity index (χ2n) is 5.32. The number of ether oxygens (including phenoxy) is 1. The first-order valence-electron chi connectivity index (χ1n) is 6.65. The number of Topliss-reactive ketones (excluding diaryl/α,β-unsaturated/α-hetero) is 1. The SMILES string of the molecule is CC(=O)c1ccc(C)n(C(C)C(=O)OCC(C)C)c1=O. The maximum atomic E-state index is 12.2. The number of nitrogens with zero attached hydrogens (tertiary/aromatic N) is 1. The van der Waals surface area contributed by atoms with Gasteiger partial charge in [0.2, 0.25) is 0 Å². The molecule has 0 amide bonds. The van der Waals surface area contributed by atoms with E-state index in [0.29, 0.717) is 12.3 Å². The zero-order valence-electron chi connectivity index (χ0n) is 12.6. The third-order valence-corrected chi connectivity index (χ3v) is 2.99. The van der Waals surface area contributed by atoms with E-state index in [1.807, 2.05) is 13.8 Å². The molecule has 0 spiro atoms. The van der Waals surface area contributed by atoms with Gasteiger partial charge in [0, 0.05) is 5.69 Å². The Morgan fingerprint density at radius 2 is 1.85 bits per heavy atom. The highest BCUT2D eigenvalue weighted by molar-refractivity contribution is 5.93. The van der Waals surface area contributed by atoms with E-state index >= 15 is 0 Å². The van der Waals surface area contributed by atoms with Crippen LogP contribution < -0.4 is 5.56 Å². The minimum Gasteiger partial charge on any atom is -0.464 e. The van der Waals surface area contributed by atoms with Gasteiger partial charge in [0.15, 0.2) is 5.78 Å². The zero-order valence-corrected chi connectivity index (χ0v) is 12.6. The third kappa shape index (κ3) is 3.56. The molecule has 0 radical (unpaired) electrons. The second-order valence-corrected chi connectivity index (χ2v) is 5.32. The lowest BCUT2D eigenvalue weighted by molar-refractivity contribution is -0.148. The van der Waals surface area contributed by atoms with Gasteiger partial charge < -0.3 is 4.74 Å². The molecule has 1 aromatic heterocycles. The van der Waals surface area contributed by atoms with Crippen molar-refractivity contribution in [3.63, 3.8) is 0 Å². The number of ketones is 1. The summed E-state index contributed by atoms with van der Waals surface area (Å²) >= 11 is 0. The molecule has 0 bridgehead atoms. The number of carbonyl (C=O) groups is 2. The van der Waals surface area contributed by atoms with Crippen molar-refractivity contribution in [2.45, 2.75) is 40.7 Å². The smallest absolute Gasteiger partial charge is 0.328 e. The molecule has 5 heteroatoms. The van der Waals surface area contributed by atoms with Crippen LogP contribution in [0.4, 0.5) is 0 Å². The first-order valence-corrected chi connectivity index (χ1v) is 6.65. The summed E-state index contributed by atoms with van der Waals surface area (Å²) in [4.78, 5) is 35.6. The molecule has 0 aliphatic rings. The van der Waals surface area contributed by atoms with E-state index in [4.69, 9.17) is 4.74 Å². The normalized spacial score (nSPS) is 12.3. The number of aryl methyl sites for hydroxylation is 1. The molecule has 0 saturated heterocycles. The van der Waals surface area contributed by atoms with Crippen molar-refractivity contribution in [3.8, 4) is 0 Å². The van der Waals surface area contributed by atoms with Crippen LogP contribution in [-0.4, -0.2) is 22.9 Å². The molecule has 20 heavy (non-hydrogen) atoms. The lowest BCUT2D eigenvalue weighted by Gasteiger charge is -2.18. The number of hydrogen-bond donors (Lipinski definition) is 0. The predicted octanol–water partition coefficient (Wildman–Crippen LogP) is 2.12. The molecule has 0 aliphatic carbocycles. The van der Waals surface area contributed by atoms with Crippen LogP contribution in [0.5, 0.6) is 0 Å². The van der Waals surface area contributed by atoms with Gasteiger partial charge in [-0.25, -0.2) is 4.79 Å². The highest BCUT2D eigenvalue weighted by atomic mass is 16.5. The van der Waals surface area contributed by atoms with E-state index in [1.54, 1.807) is 19.9 Å². The predicted molar refractivity (Wildman–Crippen MR) is 76.0 cm³/mol. The molecular weight excluding hydrogens is 258 g/mol. The highest BCUT2D eigenvalue weighted by Crippen LogP contribution is 2.11. The molecule has 0 saturated carbocycles. The average molecular weight is 279 g/mol. The standard InChI is InChI=1S/C15H21NO4/c1-9(2)8-20-15(19)11(4)16-10(3)6-7-13(12(5)17)14(16)18/h6-7,9,11H,8H2,1-5H3. The lowest BCUT2D eigenvalue weighted by atomic mass is 10.1. The Hall–Kier alpha value is -1.91. The minimum atomic E-state index is -0.749. The molecule has 1 atom stereocenters. The second kappa shape index (κ2) is 6.50. The van der Waals surface area contributed by atoms with Crippen molar-refractivity contribution < 1.29 is 14.3 Å². The van der Waals surface area contributed by atoms with Crippen LogP contribution in [0.15, 0.2) is 16.9 Å². The number of aromatic nitrogens is 1. The van der Waals surface area contributed by atoms with Gasteiger partial charge in [-0.1, -0.05) is 13.8 Å². The van der Waals surface area contributed by atoms with Crippen molar-refractivity contribution in [1.29, 1.82) is 0 Å². The van der Waals surface area contributed by atoms with Crippen LogP contribution in [0.1, 0.15) is 49.8 Å².